The Morgan fingerprint density at radius 1 is 1.50 bits per heavy atom. The maximum Gasteiger partial charge on any atom is 0.239 e. The van der Waals surface area contributed by atoms with Gasteiger partial charge in [-0.05, 0) is 45.4 Å². The zero-order chi connectivity index (χ0) is 13.1. The van der Waals surface area contributed by atoms with Crippen molar-refractivity contribution >= 4 is 17.2 Å². The third-order valence-corrected chi connectivity index (χ3v) is 4.88. The van der Waals surface area contributed by atoms with Gasteiger partial charge in [-0.15, -0.1) is 11.3 Å². The SMILES string of the molecule is Cc1ccc(C(C)N(C)C(=O)C2CCCCN2)s1. The predicted octanol–water partition coefficient (Wildman–Crippen LogP) is 2.72. The van der Waals surface area contributed by atoms with Crippen LogP contribution in [-0.2, 0) is 4.79 Å². The van der Waals surface area contributed by atoms with Gasteiger partial charge in [0.1, 0.15) is 0 Å². The second-order valence-corrected chi connectivity index (χ2v) is 6.40. The molecule has 4 heteroatoms. The first-order valence-electron chi connectivity index (χ1n) is 6.66. The molecule has 0 aromatic carbocycles. The van der Waals surface area contributed by atoms with Crippen molar-refractivity contribution in [3.63, 3.8) is 0 Å². The van der Waals surface area contributed by atoms with E-state index in [1.165, 1.54) is 16.2 Å². The molecule has 1 N–H and O–H groups in total. The summed E-state index contributed by atoms with van der Waals surface area (Å²) in [5.41, 5.74) is 0. The summed E-state index contributed by atoms with van der Waals surface area (Å²) in [5.74, 6) is 0.230. The van der Waals surface area contributed by atoms with E-state index in [1.807, 2.05) is 11.9 Å². The highest BCUT2D eigenvalue weighted by atomic mass is 32.1. The fourth-order valence-electron chi connectivity index (χ4n) is 2.37. The molecule has 1 aromatic heterocycles. The quantitative estimate of drug-likeness (QED) is 0.912. The van der Waals surface area contributed by atoms with Crippen LogP contribution in [0.5, 0.6) is 0 Å². The van der Waals surface area contributed by atoms with Gasteiger partial charge in [0.2, 0.25) is 5.91 Å². The number of hydrogen-bond acceptors (Lipinski definition) is 3. The predicted molar refractivity (Wildman–Crippen MR) is 75.9 cm³/mol. The normalized spacial score (nSPS) is 21.6. The molecule has 1 aliphatic heterocycles. The molecule has 1 amide bonds. The number of nitrogens with zero attached hydrogens (tertiary/aromatic N) is 1. The van der Waals surface area contributed by atoms with Crippen LogP contribution in [0.25, 0.3) is 0 Å². The molecule has 0 spiro atoms. The lowest BCUT2D eigenvalue weighted by molar-refractivity contribution is -0.134. The minimum atomic E-state index is 0.0206. The van der Waals surface area contributed by atoms with Crippen molar-refractivity contribution in [1.82, 2.24) is 10.2 Å². The lowest BCUT2D eigenvalue weighted by Crippen LogP contribution is -2.47. The van der Waals surface area contributed by atoms with E-state index in [2.05, 4.69) is 31.3 Å². The van der Waals surface area contributed by atoms with Crippen molar-refractivity contribution in [2.45, 2.75) is 45.2 Å². The maximum atomic E-state index is 12.4. The molecule has 100 valence electrons. The van der Waals surface area contributed by atoms with Gasteiger partial charge in [0, 0.05) is 16.8 Å². The number of hydrogen-bond donors (Lipinski definition) is 1. The van der Waals surface area contributed by atoms with Crippen LogP contribution in [0.15, 0.2) is 12.1 Å². The monoisotopic (exact) mass is 266 g/mol. The van der Waals surface area contributed by atoms with Gasteiger partial charge in [-0.2, -0.15) is 0 Å². The topological polar surface area (TPSA) is 32.3 Å². The second-order valence-electron chi connectivity index (χ2n) is 5.08. The lowest BCUT2D eigenvalue weighted by Gasteiger charge is -2.31. The van der Waals surface area contributed by atoms with Gasteiger partial charge in [-0.25, -0.2) is 0 Å². The minimum Gasteiger partial charge on any atom is -0.337 e. The zero-order valence-corrected chi connectivity index (χ0v) is 12.2. The summed E-state index contributed by atoms with van der Waals surface area (Å²) >= 11 is 1.77. The molecule has 2 unspecified atom stereocenters. The number of likely N-dealkylation sites (N-methyl/N-ethyl adjacent to an activating group) is 1. The van der Waals surface area contributed by atoms with Crippen molar-refractivity contribution in [2.75, 3.05) is 13.6 Å². The first-order valence-corrected chi connectivity index (χ1v) is 7.47. The molecule has 1 fully saturated rings. The van der Waals surface area contributed by atoms with Gasteiger partial charge in [-0.1, -0.05) is 6.42 Å². The van der Waals surface area contributed by atoms with E-state index >= 15 is 0 Å². The number of thiophene rings is 1. The molecule has 2 heterocycles. The highest BCUT2D eigenvalue weighted by Crippen LogP contribution is 2.27. The van der Waals surface area contributed by atoms with Crippen LogP contribution in [0.3, 0.4) is 0 Å². The standard InChI is InChI=1S/C14H22N2OS/c1-10-7-8-13(18-10)11(2)16(3)14(17)12-6-4-5-9-15-12/h7-8,11-12,15H,4-6,9H2,1-3H3. The van der Waals surface area contributed by atoms with Gasteiger partial charge in [0.25, 0.3) is 0 Å². The van der Waals surface area contributed by atoms with Gasteiger partial charge in [0.05, 0.1) is 12.1 Å². The highest BCUT2D eigenvalue weighted by Gasteiger charge is 2.27. The Bertz CT molecular complexity index is 410. The van der Waals surface area contributed by atoms with E-state index in [4.69, 9.17) is 0 Å². The molecule has 3 nitrogen and oxygen atoms in total. The van der Waals surface area contributed by atoms with E-state index in [0.29, 0.717) is 0 Å². The molecule has 0 radical (unpaired) electrons. The first kappa shape index (κ1) is 13.6. The van der Waals surface area contributed by atoms with Crippen molar-refractivity contribution in [3.8, 4) is 0 Å². The molecule has 1 aliphatic rings. The van der Waals surface area contributed by atoms with Gasteiger partial charge < -0.3 is 10.2 Å². The average molecular weight is 266 g/mol. The Balaban J connectivity index is 2.01. The van der Waals surface area contributed by atoms with Crippen LogP contribution in [0.1, 0.15) is 42.0 Å². The fraction of sp³-hybridized carbons (Fsp3) is 0.643. The van der Waals surface area contributed by atoms with Gasteiger partial charge in [0.15, 0.2) is 0 Å². The number of rotatable bonds is 3. The average Bonchev–Trinajstić information content (AvgIpc) is 2.84. The van der Waals surface area contributed by atoms with Gasteiger partial charge >= 0.3 is 0 Å². The smallest absolute Gasteiger partial charge is 0.239 e. The van der Waals surface area contributed by atoms with Crippen molar-refractivity contribution in [3.05, 3.63) is 21.9 Å². The molecule has 1 saturated heterocycles. The van der Waals surface area contributed by atoms with E-state index < -0.39 is 0 Å². The van der Waals surface area contributed by atoms with Crippen LogP contribution < -0.4 is 5.32 Å². The molecule has 1 aromatic rings. The number of carbonyl (C=O) groups excluding carboxylic acids is 1. The first-order chi connectivity index (χ1) is 8.59. The van der Waals surface area contributed by atoms with Crippen LogP contribution >= 0.6 is 11.3 Å². The van der Waals surface area contributed by atoms with Gasteiger partial charge in [-0.3, -0.25) is 4.79 Å². The summed E-state index contributed by atoms with van der Waals surface area (Å²) in [5, 5.41) is 3.32. The summed E-state index contributed by atoms with van der Waals surface area (Å²) in [6.45, 7) is 5.17. The Morgan fingerprint density at radius 3 is 2.83 bits per heavy atom. The molecule has 0 saturated carbocycles. The third-order valence-electron chi connectivity index (χ3n) is 3.71. The fourth-order valence-corrected chi connectivity index (χ4v) is 3.34. The Morgan fingerprint density at radius 2 is 2.28 bits per heavy atom. The summed E-state index contributed by atoms with van der Waals surface area (Å²) in [6.07, 6.45) is 3.32. The van der Waals surface area contributed by atoms with E-state index in [-0.39, 0.29) is 18.0 Å². The number of aryl methyl sites for hydroxylation is 1. The van der Waals surface area contributed by atoms with E-state index in [0.717, 1.165) is 19.4 Å². The number of piperidine rings is 1. The zero-order valence-electron chi connectivity index (χ0n) is 11.4. The Kier molecular flexibility index (Phi) is 4.40. The Labute approximate surface area is 113 Å². The van der Waals surface area contributed by atoms with Crippen LogP contribution in [0.4, 0.5) is 0 Å². The molecule has 0 aliphatic carbocycles. The summed E-state index contributed by atoms with van der Waals surface area (Å²) in [4.78, 5) is 16.8. The molecule has 18 heavy (non-hydrogen) atoms. The number of carbonyl (C=O) groups is 1. The highest BCUT2D eigenvalue weighted by molar-refractivity contribution is 7.12. The van der Waals surface area contributed by atoms with Crippen molar-refractivity contribution in [1.29, 1.82) is 0 Å². The Hall–Kier alpha value is -0.870. The molecule has 2 atom stereocenters. The molecular formula is C14H22N2OS. The second kappa shape index (κ2) is 5.85. The largest absolute Gasteiger partial charge is 0.337 e. The number of amides is 1. The van der Waals surface area contributed by atoms with Crippen molar-refractivity contribution in [2.24, 2.45) is 0 Å². The summed E-state index contributed by atoms with van der Waals surface area (Å²) in [6, 6.07) is 4.43. The number of nitrogens with one attached hydrogen (secondary N) is 1. The van der Waals surface area contributed by atoms with Crippen LogP contribution in [-0.4, -0.2) is 30.4 Å². The molecule has 2 rings (SSSR count). The van der Waals surface area contributed by atoms with E-state index in [1.54, 1.807) is 11.3 Å². The van der Waals surface area contributed by atoms with Crippen molar-refractivity contribution < 1.29 is 4.79 Å². The minimum absolute atomic E-state index is 0.0206. The molecular weight excluding hydrogens is 244 g/mol. The summed E-state index contributed by atoms with van der Waals surface area (Å²) in [7, 11) is 1.92. The lowest BCUT2D eigenvalue weighted by atomic mass is 10.0. The summed E-state index contributed by atoms with van der Waals surface area (Å²) < 4.78 is 0. The third kappa shape index (κ3) is 2.93. The molecule has 0 bridgehead atoms. The maximum absolute atomic E-state index is 12.4. The van der Waals surface area contributed by atoms with Crippen LogP contribution in [0.2, 0.25) is 0 Å². The van der Waals surface area contributed by atoms with E-state index in [9.17, 15) is 4.79 Å². The van der Waals surface area contributed by atoms with Crippen LogP contribution in [0, 0.1) is 6.92 Å².